The average Bonchev–Trinajstić information content (AvgIpc) is 2.63. The van der Waals surface area contributed by atoms with Crippen molar-refractivity contribution in [1.29, 1.82) is 0 Å². The van der Waals surface area contributed by atoms with E-state index in [1.165, 1.54) is 7.11 Å². The van der Waals surface area contributed by atoms with Crippen molar-refractivity contribution in [2.75, 3.05) is 17.7 Å². The third-order valence-corrected chi connectivity index (χ3v) is 3.54. The van der Waals surface area contributed by atoms with Crippen molar-refractivity contribution in [2.24, 2.45) is 0 Å². The summed E-state index contributed by atoms with van der Waals surface area (Å²) in [6.45, 7) is 0. The maximum atomic E-state index is 12.0. The second-order valence-electron chi connectivity index (χ2n) is 5.23. The van der Waals surface area contributed by atoms with Gasteiger partial charge in [0.1, 0.15) is 0 Å². The number of benzene rings is 3. The third-order valence-electron chi connectivity index (χ3n) is 3.54. The van der Waals surface area contributed by atoms with Gasteiger partial charge in [-0.15, -0.1) is 0 Å². The Kier molecular flexibility index (Phi) is 4.77. The van der Waals surface area contributed by atoms with Gasteiger partial charge in [0.05, 0.1) is 18.4 Å². The Morgan fingerprint density at radius 2 is 1.33 bits per heavy atom. The third kappa shape index (κ3) is 3.73. The second kappa shape index (κ2) is 7.33. The van der Waals surface area contributed by atoms with E-state index in [2.05, 4.69) is 10.6 Å². The quantitative estimate of drug-likeness (QED) is 0.653. The number of hydrogen-bond donors (Lipinski definition) is 2. The lowest BCUT2D eigenvalue weighted by atomic mass is 10.1. The molecule has 0 aliphatic rings. The van der Waals surface area contributed by atoms with Crippen LogP contribution in [0.4, 0.5) is 22.7 Å². The average molecular weight is 318 g/mol. The normalized spacial score (nSPS) is 10.0. The highest BCUT2D eigenvalue weighted by Crippen LogP contribution is 2.27. The van der Waals surface area contributed by atoms with Crippen LogP contribution in [0.25, 0.3) is 0 Å². The Hall–Kier alpha value is -3.27. The van der Waals surface area contributed by atoms with Gasteiger partial charge in [-0.3, -0.25) is 0 Å². The molecule has 0 aliphatic carbocycles. The van der Waals surface area contributed by atoms with E-state index in [1.54, 1.807) is 6.07 Å². The Morgan fingerprint density at radius 3 is 1.92 bits per heavy atom. The van der Waals surface area contributed by atoms with Crippen LogP contribution in [-0.2, 0) is 4.74 Å². The Bertz CT molecular complexity index is 818. The molecule has 120 valence electrons. The molecule has 3 aromatic rings. The minimum atomic E-state index is -0.375. The molecule has 0 aliphatic heterocycles. The van der Waals surface area contributed by atoms with Gasteiger partial charge in [-0.05, 0) is 42.5 Å². The van der Waals surface area contributed by atoms with E-state index < -0.39 is 0 Å². The monoisotopic (exact) mass is 318 g/mol. The van der Waals surface area contributed by atoms with E-state index in [9.17, 15) is 4.79 Å². The number of nitrogens with one attached hydrogen (secondary N) is 2. The van der Waals surface area contributed by atoms with E-state index in [1.807, 2.05) is 72.8 Å². The standard InChI is InChI=1S/C20H18N2O2/c1-24-20(23)18-13-12-17(21-15-8-4-2-5-9-15)14-19(18)22-16-10-6-3-7-11-16/h2-14,21-22H,1H3. The maximum absolute atomic E-state index is 12.0. The van der Waals surface area contributed by atoms with Gasteiger partial charge in [-0.2, -0.15) is 0 Å². The van der Waals surface area contributed by atoms with Crippen molar-refractivity contribution in [3.8, 4) is 0 Å². The number of ether oxygens (including phenoxy) is 1. The number of esters is 1. The summed E-state index contributed by atoms with van der Waals surface area (Å²) >= 11 is 0. The summed E-state index contributed by atoms with van der Waals surface area (Å²) < 4.78 is 4.87. The van der Waals surface area contributed by atoms with Crippen LogP contribution in [0.1, 0.15) is 10.4 Å². The molecule has 0 spiro atoms. The summed E-state index contributed by atoms with van der Waals surface area (Å²) in [6.07, 6.45) is 0. The van der Waals surface area contributed by atoms with Gasteiger partial charge in [0.15, 0.2) is 0 Å². The molecule has 2 N–H and O–H groups in total. The van der Waals surface area contributed by atoms with Crippen molar-refractivity contribution in [3.63, 3.8) is 0 Å². The molecular formula is C20H18N2O2. The van der Waals surface area contributed by atoms with E-state index in [4.69, 9.17) is 4.74 Å². The number of methoxy groups -OCH3 is 1. The van der Waals surface area contributed by atoms with Crippen molar-refractivity contribution in [1.82, 2.24) is 0 Å². The van der Waals surface area contributed by atoms with Crippen molar-refractivity contribution < 1.29 is 9.53 Å². The summed E-state index contributed by atoms with van der Waals surface area (Å²) in [6, 6.07) is 25.1. The number of para-hydroxylation sites is 2. The molecule has 0 fully saturated rings. The minimum absolute atomic E-state index is 0.375. The Labute approximate surface area is 141 Å². The first-order chi connectivity index (χ1) is 11.8. The first kappa shape index (κ1) is 15.6. The van der Waals surface area contributed by atoms with Crippen LogP contribution in [0.15, 0.2) is 78.9 Å². The van der Waals surface area contributed by atoms with Crippen LogP contribution in [0, 0.1) is 0 Å². The number of anilines is 4. The van der Waals surface area contributed by atoms with Gasteiger partial charge in [0.25, 0.3) is 0 Å². The molecule has 3 aromatic carbocycles. The lowest BCUT2D eigenvalue weighted by molar-refractivity contribution is 0.0602. The zero-order chi connectivity index (χ0) is 16.8. The molecule has 0 amide bonds. The first-order valence-corrected chi connectivity index (χ1v) is 7.63. The highest BCUT2D eigenvalue weighted by Gasteiger charge is 2.13. The topological polar surface area (TPSA) is 50.4 Å². The van der Waals surface area contributed by atoms with Gasteiger partial charge < -0.3 is 15.4 Å². The lowest BCUT2D eigenvalue weighted by Crippen LogP contribution is -2.06. The zero-order valence-corrected chi connectivity index (χ0v) is 13.3. The van der Waals surface area contributed by atoms with Gasteiger partial charge >= 0.3 is 5.97 Å². The molecule has 0 unspecified atom stereocenters. The molecule has 4 nitrogen and oxygen atoms in total. The fourth-order valence-electron chi connectivity index (χ4n) is 2.38. The van der Waals surface area contributed by atoms with Crippen LogP contribution in [0.2, 0.25) is 0 Å². The Morgan fingerprint density at radius 1 is 0.750 bits per heavy atom. The summed E-state index contributed by atoms with van der Waals surface area (Å²) in [5, 5.41) is 6.60. The highest BCUT2D eigenvalue weighted by molar-refractivity contribution is 5.97. The van der Waals surface area contributed by atoms with Gasteiger partial charge in [-0.25, -0.2) is 4.79 Å². The molecule has 0 heterocycles. The predicted molar refractivity (Wildman–Crippen MR) is 97.2 cm³/mol. The van der Waals surface area contributed by atoms with Crippen LogP contribution in [0.5, 0.6) is 0 Å². The number of rotatable bonds is 5. The van der Waals surface area contributed by atoms with Crippen molar-refractivity contribution in [3.05, 3.63) is 84.4 Å². The van der Waals surface area contributed by atoms with Crippen LogP contribution in [0.3, 0.4) is 0 Å². The summed E-state index contributed by atoms with van der Waals surface area (Å²) in [5.41, 5.74) is 3.94. The molecule has 0 saturated heterocycles. The fraction of sp³-hybridized carbons (Fsp3) is 0.0500. The molecule has 0 saturated carbocycles. The first-order valence-electron chi connectivity index (χ1n) is 7.63. The van der Waals surface area contributed by atoms with Crippen molar-refractivity contribution in [2.45, 2.75) is 0 Å². The number of carbonyl (C=O) groups is 1. The summed E-state index contributed by atoms with van der Waals surface area (Å²) in [4.78, 5) is 12.0. The van der Waals surface area contributed by atoms with E-state index in [-0.39, 0.29) is 5.97 Å². The smallest absolute Gasteiger partial charge is 0.339 e. The van der Waals surface area contributed by atoms with Crippen LogP contribution >= 0.6 is 0 Å². The summed E-state index contributed by atoms with van der Waals surface area (Å²) in [7, 11) is 1.38. The molecule has 24 heavy (non-hydrogen) atoms. The largest absolute Gasteiger partial charge is 0.465 e. The highest BCUT2D eigenvalue weighted by atomic mass is 16.5. The van der Waals surface area contributed by atoms with Crippen LogP contribution in [-0.4, -0.2) is 13.1 Å². The molecule has 3 rings (SSSR count). The van der Waals surface area contributed by atoms with E-state index >= 15 is 0 Å². The predicted octanol–water partition coefficient (Wildman–Crippen LogP) is 4.96. The molecule has 0 radical (unpaired) electrons. The van der Waals surface area contributed by atoms with Gasteiger partial charge in [-0.1, -0.05) is 36.4 Å². The zero-order valence-electron chi connectivity index (χ0n) is 13.3. The number of hydrogen-bond acceptors (Lipinski definition) is 4. The lowest BCUT2D eigenvalue weighted by Gasteiger charge is -2.14. The molecular weight excluding hydrogens is 300 g/mol. The molecule has 0 aromatic heterocycles. The second-order valence-corrected chi connectivity index (χ2v) is 5.23. The minimum Gasteiger partial charge on any atom is -0.465 e. The Balaban J connectivity index is 1.93. The van der Waals surface area contributed by atoms with Crippen molar-refractivity contribution >= 4 is 28.7 Å². The number of carbonyl (C=O) groups excluding carboxylic acids is 1. The van der Waals surface area contributed by atoms with Crippen LogP contribution < -0.4 is 10.6 Å². The molecule has 4 heteroatoms. The van der Waals surface area contributed by atoms with E-state index in [0.717, 1.165) is 17.1 Å². The SMILES string of the molecule is COC(=O)c1ccc(Nc2ccccc2)cc1Nc1ccccc1. The molecule has 0 atom stereocenters. The van der Waals surface area contributed by atoms with Gasteiger partial charge in [0, 0.05) is 17.1 Å². The van der Waals surface area contributed by atoms with E-state index in [0.29, 0.717) is 11.3 Å². The van der Waals surface area contributed by atoms with Gasteiger partial charge in [0.2, 0.25) is 0 Å². The fourth-order valence-corrected chi connectivity index (χ4v) is 2.38. The summed E-state index contributed by atoms with van der Waals surface area (Å²) in [5.74, 6) is -0.375. The maximum Gasteiger partial charge on any atom is 0.339 e. The molecule has 0 bridgehead atoms.